The monoisotopic (exact) mass is 231 g/mol. The van der Waals surface area contributed by atoms with Gasteiger partial charge in [-0.25, -0.2) is 13.8 Å². The molecule has 1 N–H and O–H groups in total. The Morgan fingerprint density at radius 2 is 2.00 bits per heavy atom. The number of hydrogen-bond donors (Lipinski definition) is 1. The fraction of sp³-hybridized carbons (Fsp3) is 0.600. The van der Waals surface area contributed by atoms with Crippen LogP contribution < -0.4 is 10.1 Å². The highest BCUT2D eigenvalue weighted by atomic mass is 19.3. The van der Waals surface area contributed by atoms with Gasteiger partial charge >= 0.3 is 0 Å². The van der Waals surface area contributed by atoms with Crippen LogP contribution in [0.2, 0.25) is 0 Å². The summed E-state index contributed by atoms with van der Waals surface area (Å²) in [5.74, 6) is 1.33. The molecule has 4 nitrogen and oxygen atoms in total. The number of alkyl halides is 2. The summed E-state index contributed by atoms with van der Waals surface area (Å²) in [6.45, 7) is 5.40. The molecule has 0 unspecified atom stereocenters. The molecule has 0 aliphatic rings. The summed E-state index contributed by atoms with van der Waals surface area (Å²) < 4.78 is 29.0. The highest BCUT2D eigenvalue weighted by Crippen LogP contribution is 2.22. The van der Waals surface area contributed by atoms with E-state index < -0.39 is 13.0 Å². The fourth-order valence-electron chi connectivity index (χ4n) is 1.22. The van der Waals surface area contributed by atoms with Gasteiger partial charge in [0.05, 0.1) is 5.56 Å². The van der Waals surface area contributed by atoms with Crippen molar-refractivity contribution in [2.45, 2.75) is 27.2 Å². The average Bonchev–Trinajstić information content (AvgIpc) is 2.21. The minimum absolute atomic E-state index is 0.212. The van der Waals surface area contributed by atoms with Crippen LogP contribution in [0.3, 0.4) is 0 Å². The van der Waals surface area contributed by atoms with Crippen molar-refractivity contribution in [1.29, 1.82) is 0 Å². The largest absolute Gasteiger partial charge is 0.471 e. The van der Waals surface area contributed by atoms with Gasteiger partial charge in [0.2, 0.25) is 5.88 Å². The summed E-state index contributed by atoms with van der Waals surface area (Å²) in [5, 5.41) is 3.03. The van der Waals surface area contributed by atoms with Crippen LogP contribution in [0.25, 0.3) is 0 Å². The molecule has 6 heteroatoms. The highest BCUT2D eigenvalue weighted by molar-refractivity contribution is 5.48. The Kier molecular flexibility index (Phi) is 4.39. The molecule has 0 spiro atoms. The second-order valence-electron chi connectivity index (χ2n) is 3.28. The number of nitrogens with zero attached hydrogens (tertiary/aromatic N) is 2. The molecule has 0 saturated carbocycles. The minimum Gasteiger partial charge on any atom is -0.471 e. The van der Waals surface area contributed by atoms with Gasteiger partial charge in [0.15, 0.2) is 6.61 Å². The van der Waals surface area contributed by atoms with Crippen LogP contribution >= 0.6 is 0 Å². The summed E-state index contributed by atoms with van der Waals surface area (Å²) in [4.78, 5) is 8.14. The normalized spacial score (nSPS) is 10.6. The molecular weight excluding hydrogens is 216 g/mol. The van der Waals surface area contributed by atoms with E-state index in [-0.39, 0.29) is 5.88 Å². The maximum atomic E-state index is 12.0. The Bertz CT molecular complexity index is 358. The zero-order valence-corrected chi connectivity index (χ0v) is 9.55. The number of nitrogens with one attached hydrogen (secondary N) is 1. The van der Waals surface area contributed by atoms with E-state index in [1.807, 2.05) is 6.92 Å². The summed E-state index contributed by atoms with van der Waals surface area (Å²) in [7, 11) is 0. The first-order chi connectivity index (χ1) is 7.54. The quantitative estimate of drug-likeness (QED) is 0.843. The standard InChI is InChI=1S/C10H15F2N3O/c1-4-13-9-6(2)10(15-7(3)14-9)16-5-8(11)12/h8H,4-5H2,1-3H3,(H,13,14,15). The molecule has 0 amide bonds. The van der Waals surface area contributed by atoms with Crippen LogP contribution in [-0.2, 0) is 0 Å². The minimum atomic E-state index is -2.50. The first-order valence-corrected chi connectivity index (χ1v) is 5.04. The molecule has 0 aliphatic carbocycles. The Morgan fingerprint density at radius 1 is 1.31 bits per heavy atom. The molecule has 1 rings (SSSR count). The van der Waals surface area contributed by atoms with Gasteiger partial charge in [0.25, 0.3) is 6.43 Å². The molecule has 0 aliphatic heterocycles. The van der Waals surface area contributed by atoms with Crippen molar-refractivity contribution in [2.24, 2.45) is 0 Å². The van der Waals surface area contributed by atoms with Gasteiger partial charge in [-0.1, -0.05) is 0 Å². The van der Waals surface area contributed by atoms with Crippen molar-refractivity contribution < 1.29 is 13.5 Å². The van der Waals surface area contributed by atoms with E-state index >= 15 is 0 Å². The number of ether oxygens (including phenoxy) is 1. The lowest BCUT2D eigenvalue weighted by molar-refractivity contribution is 0.0791. The van der Waals surface area contributed by atoms with Gasteiger partial charge in [-0.15, -0.1) is 0 Å². The lowest BCUT2D eigenvalue weighted by Gasteiger charge is -2.12. The van der Waals surface area contributed by atoms with Crippen molar-refractivity contribution in [2.75, 3.05) is 18.5 Å². The molecule has 1 aromatic rings. The molecule has 16 heavy (non-hydrogen) atoms. The molecular formula is C10H15F2N3O. The number of anilines is 1. The molecule has 0 fully saturated rings. The smallest absolute Gasteiger partial charge is 0.272 e. The molecule has 90 valence electrons. The summed E-state index contributed by atoms with van der Waals surface area (Å²) >= 11 is 0. The Hall–Kier alpha value is -1.46. The van der Waals surface area contributed by atoms with E-state index in [1.165, 1.54) is 0 Å². The second-order valence-corrected chi connectivity index (χ2v) is 3.28. The van der Waals surface area contributed by atoms with Gasteiger partial charge in [-0.2, -0.15) is 4.98 Å². The SMILES string of the molecule is CCNc1nc(C)nc(OCC(F)F)c1C. The first kappa shape index (κ1) is 12.6. The average molecular weight is 231 g/mol. The van der Waals surface area contributed by atoms with Crippen LogP contribution in [0.5, 0.6) is 5.88 Å². The van der Waals surface area contributed by atoms with Crippen LogP contribution in [0, 0.1) is 13.8 Å². The van der Waals surface area contributed by atoms with Gasteiger partial charge < -0.3 is 10.1 Å². The van der Waals surface area contributed by atoms with E-state index in [4.69, 9.17) is 4.74 Å². The number of hydrogen-bond acceptors (Lipinski definition) is 4. The number of halogens is 2. The Morgan fingerprint density at radius 3 is 2.56 bits per heavy atom. The molecule has 0 bridgehead atoms. The Balaban J connectivity index is 2.90. The van der Waals surface area contributed by atoms with E-state index in [2.05, 4.69) is 15.3 Å². The fourth-order valence-corrected chi connectivity index (χ4v) is 1.22. The van der Waals surface area contributed by atoms with Gasteiger partial charge in [0.1, 0.15) is 11.6 Å². The van der Waals surface area contributed by atoms with Gasteiger partial charge in [-0.3, -0.25) is 0 Å². The lowest BCUT2D eigenvalue weighted by Crippen LogP contribution is -2.12. The van der Waals surface area contributed by atoms with E-state index in [0.29, 0.717) is 23.8 Å². The summed E-state index contributed by atoms with van der Waals surface area (Å²) in [5.41, 5.74) is 0.646. The third-order valence-electron chi connectivity index (χ3n) is 1.90. The molecule has 1 heterocycles. The molecule has 0 aromatic carbocycles. The summed E-state index contributed by atoms with van der Waals surface area (Å²) in [6.07, 6.45) is -2.50. The van der Waals surface area contributed by atoms with Crippen molar-refractivity contribution in [3.63, 3.8) is 0 Å². The zero-order valence-electron chi connectivity index (χ0n) is 9.55. The maximum Gasteiger partial charge on any atom is 0.272 e. The molecule has 1 aromatic heterocycles. The molecule has 0 saturated heterocycles. The zero-order chi connectivity index (χ0) is 12.1. The number of aromatic nitrogens is 2. The predicted octanol–water partition coefficient (Wildman–Crippen LogP) is 2.17. The van der Waals surface area contributed by atoms with E-state index in [0.717, 1.165) is 0 Å². The first-order valence-electron chi connectivity index (χ1n) is 5.04. The van der Waals surface area contributed by atoms with Gasteiger partial charge in [-0.05, 0) is 20.8 Å². The van der Waals surface area contributed by atoms with Crippen molar-refractivity contribution in [1.82, 2.24) is 9.97 Å². The van der Waals surface area contributed by atoms with Crippen molar-refractivity contribution >= 4 is 5.82 Å². The molecule has 0 atom stereocenters. The maximum absolute atomic E-state index is 12.0. The lowest BCUT2D eigenvalue weighted by atomic mass is 10.3. The van der Waals surface area contributed by atoms with Crippen LogP contribution in [-0.4, -0.2) is 29.5 Å². The van der Waals surface area contributed by atoms with E-state index in [1.54, 1.807) is 13.8 Å². The topological polar surface area (TPSA) is 47.0 Å². The van der Waals surface area contributed by atoms with Crippen LogP contribution in [0.1, 0.15) is 18.3 Å². The van der Waals surface area contributed by atoms with Crippen molar-refractivity contribution in [3.8, 4) is 5.88 Å². The number of aryl methyl sites for hydroxylation is 1. The van der Waals surface area contributed by atoms with Crippen LogP contribution in [0.15, 0.2) is 0 Å². The third-order valence-corrected chi connectivity index (χ3v) is 1.90. The third kappa shape index (κ3) is 3.29. The van der Waals surface area contributed by atoms with Crippen molar-refractivity contribution in [3.05, 3.63) is 11.4 Å². The van der Waals surface area contributed by atoms with E-state index in [9.17, 15) is 8.78 Å². The highest BCUT2D eigenvalue weighted by Gasteiger charge is 2.12. The van der Waals surface area contributed by atoms with Crippen LogP contribution in [0.4, 0.5) is 14.6 Å². The summed E-state index contributed by atoms with van der Waals surface area (Å²) in [6, 6.07) is 0. The second kappa shape index (κ2) is 5.58. The Labute approximate surface area is 93.1 Å². The number of rotatable bonds is 5. The predicted molar refractivity (Wildman–Crippen MR) is 57.2 cm³/mol. The molecule has 0 radical (unpaired) electrons. The van der Waals surface area contributed by atoms with Gasteiger partial charge in [0, 0.05) is 6.54 Å².